The fraction of sp³-hybridized carbons (Fsp3) is 0.200. The van der Waals surface area contributed by atoms with E-state index in [0.717, 1.165) is 22.7 Å². The van der Waals surface area contributed by atoms with Crippen molar-refractivity contribution in [2.24, 2.45) is 5.10 Å². The van der Waals surface area contributed by atoms with Crippen molar-refractivity contribution in [3.63, 3.8) is 0 Å². The quantitative estimate of drug-likeness (QED) is 0.445. The van der Waals surface area contributed by atoms with Gasteiger partial charge in [0.15, 0.2) is 0 Å². The van der Waals surface area contributed by atoms with Crippen molar-refractivity contribution in [1.29, 1.82) is 0 Å². The normalized spacial score (nSPS) is 19.7. The number of benzene rings is 3. The highest BCUT2D eigenvalue weighted by molar-refractivity contribution is 6.07. The zero-order valence-corrected chi connectivity index (χ0v) is 18.2. The number of hydrazone groups is 1. The SMILES string of the molecule is Cc1ccc(C2=NN(C(=O)Nc3ccc4c(c3)C(F)(F)C(F)(F)O4)CC2c2ccccc2F)cc1. The number of carbonyl (C=O) groups excluding carboxylic acids is 1. The van der Waals surface area contributed by atoms with Gasteiger partial charge >= 0.3 is 18.1 Å². The number of hydrogen-bond donors (Lipinski definition) is 1. The molecule has 0 saturated carbocycles. The van der Waals surface area contributed by atoms with Gasteiger partial charge in [0.25, 0.3) is 0 Å². The Kier molecular flexibility index (Phi) is 5.26. The number of carbonyl (C=O) groups is 1. The van der Waals surface area contributed by atoms with Gasteiger partial charge in [-0.1, -0.05) is 48.0 Å². The van der Waals surface area contributed by atoms with Crippen LogP contribution in [0.25, 0.3) is 0 Å². The summed E-state index contributed by atoms with van der Waals surface area (Å²) in [6, 6.07) is 15.6. The van der Waals surface area contributed by atoms with E-state index in [4.69, 9.17) is 0 Å². The maximum absolute atomic E-state index is 14.6. The van der Waals surface area contributed by atoms with Crippen molar-refractivity contribution < 1.29 is 31.5 Å². The standard InChI is InChI=1S/C25H18F5N3O2/c1-14-6-8-15(9-7-14)22-18(17-4-2-3-5-20(17)26)13-33(32-22)23(34)31-16-10-11-21-19(12-16)24(27,28)25(29,30)35-21/h2-12,18H,13H2,1H3,(H,31,34). The number of urea groups is 1. The molecule has 0 fully saturated rings. The Balaban J connectivity index is 1.44. The summed E-state index contributed by atoms with van der Waals surface area (Å²) in [5, 5.41) is 7.84. The highest BCUT2D eigenvalue weighted by Crippen LogP contribution is 2.53. The molecule has 3 aromatic carbocycles. The van der Waals surface area contributed by atoms with Crippen LogP contribution in [-0.2, 0) is 5.92 Å². The number of nitrogens with one attached hydrogen (secondary N) is 1. The van der Waals surface area contributed by atoms with Crippen molar-refractivity contribution in [3.8, 4) is 5.75 Å². The van der Waals surface area contributed by atoms with Crippen LogP contribution in [0, 0.1) is 12.7 Å². The van der Waals surface area contributed by atoms with Crippen LogP contribution in [0.3, 0.4) is 0 Å². The molecule has 0 aromatic heterocycles. The zero-order chi connectivity index (χ0) is 25.0. The lowest BCUT2D eigenvalue weighted by Crippen LogP contribution is -2.37. The van der Waals surface area contributed by atoms with Gasteiger partial charge in [-0.05, 0) is 42.3 Å². The van der Waals surface area contributed by atoms with Crippen molar-refractivity contribution in [2.75, 3.05) is 11.9 Å². The van der Waals surface area contributed by atoms with Crippen molar-refractivity contribution in [2.45, 2.75) is 24.9 Å². The molecular formula is C25H18F5N3O2. The lowest BCUT2D eigenvalue weighted by atomic mass is 9.90. The molecule has 3 aromatic rings. The first kappa shape index (κ1) is 22.8. The summed E-state index contributed by atoms with van der Waals surface area (Å²) < 4.78 is 73.7. The lowest BCUT2D eigenvalue weighted by molar-refractivity contribution is -0.296. The molecule has 5 rings (SSSR count). The number of alkyl halides is 4. The Morgan fingerprint density at radius 1 is 1.06 bits per heavy atom. The van der Waals surface area contributed by atoms with E-state index in [1.807, 2.05) is 31.2 Å². The number of halogens is 5. The largest absolute Gasteiger partial charge is 0.469 e. The van der Waals surface area contributed by atoms with Crippen LogP contribution in [0.1, 0.15) is 28.2 Å². The Morgan fingerprint density at radius 3 is 2.49 bits per heavy atom. The van der Waals surface area contributed by atoms with Crippen LogP contribution >= 0.6 is 0 Å². The van der Waals surface area contributed by atoms with E-state index in [-0.39, 0.29) is 12.2 Å². The first-order chi connectivity index (χ1) is 16.6. The number of rotatable bonds is 3. The number of ether oxygens (including phenoxy) is 1. The van der Waals surface area contributed by atoms with Gasteiger partial charge in [-0.3, -0.25) is 0 Å². The second kappa shape index (κ2) is 8.07. The molecule has 2 aliphatic rings. The summed E-state index contributed by atoms with van der Waals surface area (Å²) in [6.45, 7) is 1.90. The Hall–Kier alpha value is -3.95. The van der Waals surface area contributed by atoms with Crippen LogP contribution in [0.5, 0.6) is 5.75 Å². The minimum absolute atomic E-state index is 0.0156. The van der Waals surface area contributed by atoms with Crippen LogP contribution in [0.15, 0.2) is 71.8 Å². The lowest BCUT2D eigenvalue weighted by Gasteiger charge is -2.17. The number of fused-ring (bicyclic) bond motifs is 1. The fourth-order valence-electron chi connectivity index (χ4n) is 4.10. The molecule has 0 bridgehead atoms. The predicted molar refractivity (Wildman–Crippen MR) is 118 cm³/mol. The van der Waals surface area contributed by atoms with Crippen LogP contribution in [0.4, 0.5) is 32.4 Å². The van der Waals surface area contributed by atoms with Gasteiger partial charge in [-0.25, -0.2) is 14.2 Å². The van der Waals surface area contributed by atoms with E-state index in [9.17, 15) is 26.7 Å². The second-order valence-corrected chi connectivity index (χ2v) is 8.34. The van der Waals surface area contributed by atoms with Gasteiger partial charge in [-0.15, -0.1) is 0 Å². The summed E-state index contributed by atoms with van der Waals surface area (Å²) in [6.07, 6.45) is -4.69. The fourth-order valence-corrected chi connectivity index (χ4v) is 4.10. The molecular weight excluding hydrogens is 469 g/mol. The van der Waals surface area contributed by atoms with Gasteiger partial charge < -0.3 is 10.1 Å². The number of anilines is 1. The number of aryl methyl sites for hydroxylation is 1. The van der Waals surface area contributed by atoms with Gasteiger partial charge in [-0.2, -0.15) is 22.7 Å². The van der Waals surface area contributed by atoms with E-state index >= 15 is 0 Å². The molecule has 0 saturated heterocycles. The first-order valence-electron chi connectivity index (χ1n) is 10.6. The molecule has 180 valence electrons. The first-order valence-corrected chi connectivity index (χ1v) is 10.6. The minimum Gasteiger partial charge on any atom is -0.427 e. The molecule has 0 radical (unpaired) electrons. The summed E-state index contributed by atoms with van der Waals surface area (Å²) in [4.78, 5) is 12.9. The molecule has 0 aliphatic carbocycles. The second-order valence-electron chi connectivity index (χ2n) is 8.34. The van der Waals surface area contributed by atoms with Crippen LogP contribution < -0.4 is 10.1 Å². The zero-order valence-electron chi connectivity index (χ0n) is 18.2. The van der Waals surface area contributed by atoms with Gasteiger partial charge in [0.2, 0.25) is 0 Å². The minimum atomic E-state index is -4.69. The highest BCUT2D eigenvalue weighted by atomic mass is 19.3. The third-order valence-corrected chi connectivity index (χ3v) is 5.95. The number of nitrogens with zero attached hydrogens (tertiary/aromatic N) is 2. The van der Waals surface area contributed by atoms with Gasteiger partial charge in [0, 0.05) is 5.69 Å². The average molecular weight is 487 g/mol. The summed E-state index contributed by atoms with van der Waals surface area (Å²) >= 11 is 0. The van der Waals surface area contributed by atoms with E-state index in [1.54, 1.807) is 18.2 Å². The van der Waals surface area contributed by atoms with E-state index in [1.165, 1.54) is 12.1 Å². The molecule has 2 aliphatic heterocycles. The summed E-state index contributed by atoms with van der Waals surface area (Å²) in [7, 11) is 0. The topological polar surface area (TPSA) is 53.9 Å². The molecule has 2 heterocycles. The summed E-state index contributed by atoms with van der Waals surface area (Å²) in [5.74, 6) is -6.26. The van der Waals surface area contributed by atoms with Crippen molar-refractivity contribution in [3.05, 3.63) is 94.8 Å². The molecule has 10 heteroatoms. The molecule has 35 heavy (non-hydrogen) atoms. The van der Waals surface area contributed by atoms with Crippen LogP contribution in [0.2, 0.25) is 0 Å². The van der Waals surface area contributed by atoms with E-state index in [2.05, 4.69) is 15.2 Å². The summed E-state index contributed by atoms with van der Waals surface area (Å²) in [5.41, 5.74) is 1.33. The van der Waals surface area contributed by atoms with Gasteiger partial charge in [0.05, 0.1) is 23.7 Å². The third-order valence-electron chi connectivity index (χ3n) is 5.95. The smallest absolute Gasteiger partial charge is 0.427 e. The van der Waals surface area contributed by atoms with Gasteiger partial charge in [0.1, 0.15) is 11.6 Å². The molecule has 2 amide bonds. The van der Waals surface area contributed by atoms with Crippen molar-refractivity contribution >= 4 is 17.4 Å². The van der Waals surface area contributed by atoms with Crippen LogP contribution in [-0.4, -0.2) is 29.4 Å². The van der Waals surface area contributed by atoms with E-state index in [0.29, 0.717) is 16.8 Å². The third kappa shape index (κ3) is 3.88. The molecule has 5 nitrogen and oxygen atoms in total. The number of amides is 2. The predicted octanol–water partition coefficient (Wildman–Crippen LogP) is 6.25. The van der Waals surface area contributed by atoms with E-state index < -0.39 is 41.1 Å². The maximum atomic E-state index is 14.6. The Labute approximate surface area is 196 Å². The van der Waals surface area contributed by atoms with Crippen molar-refractivity contribution in [1.82, 2.24) is 5.01 Å². The molecule has 1 atom stereocenters. The number of hydrogen-bond acceptors (Lipinski definition) is 3. The Bertz CT molecular complexity index is 1340. The Morgan fingerprint density at radius 2 is 1.77 bits per heavy atom. The molecule has 1 unspecified atom stereocenters. The average Bonchev–Trinajstić information content (AvgIpc) is 3.32. The highest BCUT2D eigenvalue weighted by Gasteiger charge is 2.66. The monoisotopic (exact) mass is 487 g/mol. The molecule has 1 N–H and O–H groups in total. The molecule has 0 spiro atoms. The maximum Gasteiger partial charge on any atom is 0.469 e.